The molecule has 0 fully saturated rings. The minimum atomic E-state index is -0.371. The lowest BCUT2D eigenvalue weighted by molar-refractivity contribution is 0.218. The third-order valence-corrected chi connectivity index (χ3v) is 2.30. The summed E-state index contributed by atoms with van der Waals surface area (Å²) in [4.78, 5) is 16.6. The highest BCUT2D eigenvalue weighted by Gasteiger charge is 2.09. The topological polar surface area (TPSA) is 32.7 Å². The van der Waals surface area contributed by atoms with Crippen LogP contribution in [0.1, 0.15) is 0 Å². The van der Waals surface area contributed by atoms with Crippen LogP contribution in [-0.4, -0.2) is 34.8 Å². The highest BCUT2D eigenvalue weighted by molar-refractivity contribution is 8.16. The largest absolute Gasteiger partial charge is 0.346 e. The van der Waals surface area contributed by atoms with E-state index in [1.165, 1.54) is 16.7 Å². The first-order valence-corrected chi connectivity index (χ1v) is 5.54. The van der Waals surface area contributed by atoms with Crippen molar-refractivity contribution in [3.05, 3.63) is 25.3 Å². The number of thioether (sulfide) groups is 1. The molecule has 78 valence electrons. The molecule has 0 spiro atoms. The first-order chi connectivity index (χ1) is 6.65. The molecule has 3 nitrogen and oxygen atoms in total. The number of rotatable bonds is 4. The van der Waals surface area contributed by atoms with Crippen LogP contribution in [0.25, 0.3) is 0 Å². The Morgan fingerprint density at radius 2 is 2.00 bits per heavy atom. The molecule has 0 atom stereocenters. The van der Waals surface area contributed by atoms with E-state index in [0.717, 1.165) is 0 Å². The number of hydrogen-bond donors (Lipinski definition) is 0. The van der Waals surface area contributed by atoms with E-state index in [1.54, 1.807) is 18.4 Å². The molecule has 14 heavy (non-hydrogen) atoms. The molecule has 0 saturated heterocycles. The van der Waals surface area contributed by atoms with E-state index in [9.17, 15) is 4.79 Å². The van der Waals surface area contributed by atoms with Crippen LogP contribution in [-0.2, 0) is 0 Å². The quantitative estimate of drug-likeness (QED) is 0.424. The maximum absolute atomic E-state index is 11.4. The van der Waals surface area contributed by atoms with Crippen molar-refractivity contribution in [1.82, 2.24) is 4.90 Å². The summed E-state index contributed by atoms with van der Waals surface area (Å²) in [6.07, 6.45) is 5.01. The predicted octanol–water partition coefficient (Wildman–Crippen LogP) is 2.74. The van der Waals surface area contributed by atoms with Gasteiger partial charge in [0.15, 0.2) is 4.50 Å². The third kappa shape index (κ3) is 5.09. The summed E-state index contributed by atoms with van der Waals surface area (Å²) >= 11 is 6.84. The molecule has 0 radical (unpaired) electrons. The minimum Gasteiger partial charge on any atom is -0.315 e. The van der Waals surface area contributed by atoms with Crippen LogP contribution in [0.2, 0.25) is 0 Å². The SMILES string of the molecule is C=CCN(CC=C)C(=O)N=C(Cl)SC. The zero-order chi connectivity index (χ0) is 11.0. The molecule has 0 rings (SSSR count). The number of carbonyl (C=O) groups excluding carboxylic acids is 1. The summed E-state index contributed by atoms with van der Waals surface area (Å²) in [6.45, 7) is 7.97. The van der Waals surface area contributed by atoms with E-state index in [-0.39, 0.29) is 10.5 Å². The minimum absolute atomic E-state index is 0.230. The second-order valence-corrected chi connectivity index (χ2v) is 3.71. The number of halogens is 1. The van der Waals surface area contributed by atoms with Crippen LogP contribution < -0.4 is 0 Å². The van der Waals surface area contributed by atoms with Gasteiger partial charge in [0.25, 0.3) is 0 Å². The molecule has 0 aromatic rings. The number of carbonyl (C=O) groups is 1. The average Bonchev–Trinajstić information content (AvgIpc) is 2.17. The summed E-state index contributed by atoms with van der Waals surface area (Å²) in [6, 6.07) is -0.371. The van der Waals surface area contributed by atoms with Gasteiger partial charge in [-0.15, -0.1) is 13.2 Å². The molecule has 0 saturated carbocycles. The van der Waals surface area contributed by atoms with Crippen molar-refractivity contribution in [1.29, 1.82) is 0 Å². The Morgan fingerprint density at radius 1 is 1.50 bits per heavy atom. The van der Waals surface area contributed by atoms with Gasteiger partial charge in [-0.05, 0) is 6.26 Å². The first kappa shape index (κ1) is 13.3. The van der Waals surface area contributed by atoms with E-state index < -0.39 is 0 Å². The van der Waals surface area contributed by atoms with Crippen LogP contribution in [0.4, 0.5) is 4.79 Å². The van der Waals surface area contributed by atoms with Crippen LogP contribution in [0.3, 0.4) is 0 Å². The number of hydrogen-bond acceptors (Lipinski definition) is 2. The van der Waals surface area contributed by atoms with Crippen LogP contribution in [0.5, 0.6) is 0 Å². The smallest absolute Gasteiger partial charge is 0.315 e. The van der Waals surface area contributed by atoms with Crippen LogP contribution in [0, 0.1) is 0 Å². The maximum atomic E-state index is 11.4. The number of aliphatic imine (C=N–C) groups is 1. The van der Waals surface area contributed by atoms with Crippen molar-refractivity contribution in [2.24, 2.45) is 4.99 Å². The number of urea groups is 1. The van der Waals surface area contributed by atoms with E-state index >= 15 is 0 Å². The van der Waals surface area contributed by atoms with Crippen molar-refractivity contribution in [2.75, 3.05) is 19.3 Å². The lowest BCUT2D eigenvalue weighted by Crippen LogP contribution is -2.28. The van der Waals surface area contributed by atoms with Gasteiger partial charge in [0.2, 0.25) is 0 Å². The predicted molar refractivity (Wildman–Crippen MR) is 64.2 cm³/mol. The van der Waals surface area contributed by atoms with Gasteiger partial charge in [-0.3, -0.25) is 0 Å². The van der Waals surface area contributed by atoms with Crippen LogP contribution in [0.15, 0.2) is 30.3 Å². The van der Waals surface area contributed by atoms with Crippen molar-refractivity contribution in [3.63, 3.8) is 0 Å². The van der Waals surface area contributed by atoms with Gasteiger partial charge in [-0.25, -0.2) is 4.79 Å². The highest BCUT2D eigenvalue weighted by Crippen LogP contribution is 2.05. The zero-order valence-electron chi connectivity index (χ0n) is 8.07. The molecule has 0 aliphatic rings. The summed E-state index contributed by atoms with van der Waals surface area (Å²) in [5.74, 6) is 0. The number of amides is 2. The molecule has 2 amide bonds. The second-order valence-electron chi connectivity index (χ2n) is 2.33. The average molecular weight is 233 g/mol. The Morgan fingerprint density at radius 3 is 2.36 bits per heavy atom. The van der Waals surface area contributed by atoms with E-state index in [2.05, 4.69) is 18.2 Å². The zero-order valence-corrected chi connectivity index (χ0v) is 9.64. The lowest BCUT2D eigenvalue weighted by Gasteiger charge is -2.15. The van der Waals surface area contributed by atoms with Crippen molar-refractivity contribution in [2.45, 2.75) is 0 Å². The maximum Gasteiger partial charge on any atom is 0.346 e. The molecular formula is C9H13ClN2OS. The first-order valence-electron chi connectivity index (χ1n) is 3.94. The van der Waals surface area contributed by atoms with Crippen LogP contribution >= 0.6 is 23.4 Å². The van der Waals surface area contributed by atoms with Gasteiger partial charge < -0.3 is 4.90 Å². The standard InChI is InChI=1S/C9H13ClN2OS/c1-4-6-12(7-5-2)9(13)11-8(10)14-3/h4-5H,1-2,6-7H2,3H3. The van der Waals surface area contributed by atoms with E-state index in [4.69, 9.17) is 11.6 Å². The Hall–Kier alpha value is -0.740. The molecule has 0 unspecified atom stereocenters. The molecular weight excluding hydrogens is 220 g/mol. The fourth-order valence-corrected chi connectivity index (χ4v) is 0.976. The molecule has 5 heteroatoms. The summed E-state index contributed by atoms with van der Waals surface area (Å²) in [5.41, 5.74) is 0. The number of nitrogens with zero attached hydrogens (tertiary/aromatic N) is 2. The Bertz CT molecular complexity index is 243. The molecule has 0 aliphatic carbocycles. The van der Waals surface area contributed by atoms with Gasteiger partial charge in [0, 0.05) is 13.1 Å². The summed E-state index contributed by atoms with van der Waals surface area (Å²) in [5, 5.41) is 0. The van der Waals surface area contributed by atoms with Gasteiger partial charge >= 0.3 is 6.03 Å². The normalized spacial score (nSPS) is 10.9. The van der Waals surface area contributed by atoms with E-state index in [1.807, 2.05) is 0 Å². The Balaban J connectivity index is 4.41. The highest BCUT2D eigenvalue weighted by atomic mass is 35.5. The second kappa shape index (κ2) is 7.64. The van der Waals surface area contributed by atoms with Gasteiger partial charge in [-0.2, -0.15) is 4.99 Å². The van der Waals surface area contributed by atoms with E-state index in [0.29, 0.717) is 13.1 Å². The molecule has 0 N–H and O–H groups in total. The lowest BCUT2D eigenvalue weighted by atomic mass is 10.5. The fraction of sp³-hybridized carbons (Fsp3) is 0.333. The molecule has 0 bridgehead atoms. The van der Waals surface area contributed by atoms with Crippen molar-refractivity contribution >= 4 is 33.9 Å². The van der Waals surface area contributed by atoms with Crippen molar-refractivity contribution < 1.29 is 4.79 Å². The van der Waals surface area contributed by atoms with Crippen molar-refractivity contribution in [3.8, 4) is 0 Å². The van der Waals surface area contributed by atoms with Gasteiger partial charge in [-0.1, -0.05) is 35.5 Å². The molecule has 0 heterocycles. The Labute approximate surface area is 93.5 Å². The third-order valence-electron chi connectivity index (χ3n) is 1.32. The Kier molecular flexibility index (Phi) is 7.24. The fourth-order valence-electron chi connectivity index (χ4n) is 0.734. The van der Waals surface area contributed by atoms with Gasteiger partial charge in [0.1, 0.15) is 0 Å². The summed E-state index contributed by atoms with van der Waals surface area (Å²) in [7, 11) is 0. The molecule has 0 aromatic heterocycles. The summed E-state index contributed by atoms with van der Waals surface area (Å²) < 4.78 is 0.230. The monoisotopic (exact) mass is 232 g/mol. The van der Waals surface area contributed by atoms with Gasteiger partial charge in [0.05, 0.1) is 0 Å². The molecule has 0 aliphatic heterocycles. The molecule has 0 aromatic carbocycles.